The molecule has 150 valence electrons. The third kappa shape index (κ3) is 5.78. The van der Waals surface area contributed by atoms with Crippen LogP contribution in [-0.4, -0.2) is 44.8 Å². The average molecular weight is 471 g/mol. The number of sulfonamides is 1. The molecule has 0 bridgehead atoms. The third-order valence-electron chi connectivity index (χ3n) is 3.52. The predicted octanol–water partition coefficient (Wildman–Crippen LogP) is 2.88. The molecule has 1 atom stereocenters. The molecule has 1 aromatic carbocycles. The van der Waals surface area contributed by atoms with Crippen molar-refractivity contribution in [1.29, 1.82) is 0 Å². The number of anilines is 1. The molecule has 2 aromatic rings. The Morgan fingerprint density at radius 2 is 1.96 bits per heavy atom. The third-order valence-corrected chi connectivity index (χ3v) is 5.76. The van der Waals surface area contributed by atoms with Gasteiger partial charge in [0.05, 0.1) is 4.90 Å². The smallest absolute Gasteiger partial charge is 0.331 e. The minimum Gasteiger partial charge on any atom is -0.450 e. The van der Waals surface area contributed by atoms with Gasteiger partial charge in [-0.3, -0.25) is 4.79 Å². The van der Waals surface area contributed by atoms with Crippen molar-refractivity contribution < 1.29 is 27.2 Å². The van der Waals surface area contributed by atoms with Gasteiger partial charge in [-0.2, -0.15) is 0 Å². The second-order valence-electron chi connectivity index (χ2n) is 5.86. The van der Waals surface area contributed by atoms with Gasteiger partial charge in [-0.15, -0.1) is 0 Å². The van der Waals surface area contributed by atoms with Crippen molar-refractivity contribution >= 4 is 49.6 Å². The van der Waals surface area contributed by atoms with E-state index in [1.54, 1.807) is 12.1 Å². The lowest BCUT2D eigenvalue weighted by Crippen LogP contribution is -2.29. The van der Waals surface area contributed by atoms with E-state index < -0.39 is 28.0 Å². The number of nitrogens with zero attached hydrogens (tertiary/aromatic N) is 1. The molecule has 1 N–H and O–H groups in total. The van der Waals surface area contributed by atoms with E-state index in [1.807, 2.05) is 0 Å². The number of hydrogen-bond donors (Lipinski definition) is 1. The molecule has 0 radical (unpaired) electrons. The van der Waals surface area contributed by atoms with E-state index in [1.165, 1.54) is 51.4 Å². The Labute approximate surface area is 171 Å². The summed E-state index contributed by atoms with van der Waals surface area (Å²) in [5, 5.41) is 2.53. The summed E-state index contributed by atoms with van der Waals surface area (Å²) in [5.74, 6) is -0.874. The normalized spacial score (nSPS) is 12.9. The molecule has 10 heteroatoms. The lowest BCUT2D eigenvalue weighted by Gasteiger charge is -2.14. The first-order valence-electron chi connectivity index (χ1n) is 8.07. The molecule has 28 heavy (non-hydrogen) atoms. The molecule has 1 aromatic heterocycles. The Kier molecular flexibility index (Phi) is 7.17. The van der Waals surface area contributed by atoms with Crippen LogP contribution in [0.5, 0.6) is 0 Å². The van der Waals surface area contributed by atoms with Crippen LogP contribution in [-0.2, 0) is 24.3 Å². The molecule has 0 aliphatic heterocycles. The molecular formula is C18H19BrN2O6S. The van der Waals surface area contributed by atoms with Crippen molar-refractivity contribution in [3.63, 3.8) is 0 Å². The summed E-state index contributed by atoms with van der Waals surface area (Å²) >= 11 is 3.15. The largest absolute Gasteiger partial charge is 0.450 e. The van der Waals surface area contributed by atoms with Crippen LogP contribution >= 0.6 is 15.9 Å². The summed E-state index contributed by atoms with van der Waals surface area (Å²) in [7, 11) is -0.804. The Morgan fingerprint density at radius 3 is 2.57 bits per heavy atom. The van der Waals surface area contributed by atoms with E-state index >= 15 is 0 Å². The molecule has 8 nitrogen and oxygen atoms in total. The van der Waals surface area contributed by atoms with Gasteiger partial charge in [0.25, 0.3) is 5.91 Å². The van der Waals surface area contributed by atoms with Gasteiger partial charge in [-0.1, -0.05) is 6.07 Å². The van der Waals surface area contributed by atoms with E-state index in [0.29, 0.717) is 10.4 Å². The van der Waals surface area contributed by atoms with Crippen molar-refractivity contribution in [3.05, 3.63) is 52.9 Å². The fraction of sp³-hybridized carbons (Fsp3) is 0.222. The molecule has 0 saturated heterocycles. The molecule has 0 fully saturated rings. The van der Waals surface area contributed by atoms with Crippen LogP contribution in [0.1, 0.15) is 12.7 Å². The van der Waals surface area contributed by atoms with Gasteiger partial charge >= 0.3 is 5.97 Å². The minimum absolute atomic E-state index is 0.0347. The van der Waals surface area contributed by atoms with Crippen molar-refractivity contribution in [3.8, 4) is 0 Å². The molecule has 2 rings (SSSR count). The van der Waals surface area contributed by atoms with Gasteiger partial charge in [0, 0.05) is 25.9 Å². The van der Waals surface area contributed by atoms with Gasteiger partial charge in [-0.25, -0.2) is 17.5 Å². The zero-order valence-corrected chi connectivity index (χ0v) is 17.8. The van der Waals surface area contributed by atoms with E-state index in [9.17, 15) is 18.0 Å². The average Bonchev–Trinajstić information content (AvgIpc) is 3.05. The van der Waals surface area contributed by atoms with Gasteiger partial charge in [0.2, 0.25) is 10.0 Å². The molecule has 0 spiro atoms. The van der Waals surface area contributed by atoms with Crippen LogP contribution in [0.25, 0.3) is 6.08 Å². The number of hydrogen-bond acceptors (Lipinski definition) is 6. The van der Waals surface area contributed by atoms with Gasteiger partial charge in [-0.05, 0) is 59.3 Å². The van der Waals surface area contributed by atoms with E-state index in [0.717, 1.165) is 10.4 Å². The number of benzene rings is 1. The number of furan rings is 1. The highest BCUT2D eigenvalue weighted by Crippen LogP contribution is 2.18. The fourth-order valence-corrected chi connectivity index (χ4v) is 3.29. The van der Waals surface area contributed by atoms with Gasteiger partial charge in [0.1, 0.15) is 5.76 Å². The highest BCUT2D eigenvalue weighted by molar-refractivity contribution is 9.10. The molecule has 1 heterocycles. The van der Waals surface area contributed by atoms with E-state index in [-0.39, 0.29) is 10.6 Å². The quantitative estimate of drug-likeness (QED) is 0.492. The van der Waals surface area contributed by atoms with E-state index in [4.69, 9.17) is 9.15 Å². The maximum Gasteiger partial charge on any atom is 0.331 e. The first-order valence-corrected chi connectivity index (χ1v) is 10.3. The molecule has 0 aliphatic carbocycles. The van der Waals surface area contributed by atoms with Gasteiger partial charge in [0.15, 0.2) is 10.8 Å². The topological polar surface area (TPSA) is 106 Å². The molecule has 0 aliphatic rings. The minimum atomic E-state index is -3.63. The van der Waals surface area contributed by atoms with Crippen LogP contribution in [0.4, 0.5) is 5.69 Å². The number of halogens is 1. The second kappa shape index (κ2) is 9.18. The van der Waals surface area contributed by atoms with Crippen LogP contribution in [0.2, 0.25) is 0 Å². The first kappa shape index (κ1) is 21.9. The van der Waals surface area contributed by atoms with Crippen molar-refractivity contribution in [2.24, 2.45) is 0 Å². The predicted molar refractivity (Wildman–Crippen MR) is 107 cm³/mol. The Balaban J connectivity index is 1.98. The number of ether oxygens (including phenoxy) is 1. The zero-order valence-electron chi connectivity index (χ0n) is 15.4. The molecule has 1 amide bonds. The fourth-order valence-electron chi connectivity index (χ4n) is 2.02. The number of esters is 1. The van der Waals surface area contributed by atoms with E-state index in [2.05, 4.69) is 21.2 Å². The molecule has 0 unspecified atom stereocenters. The SMILES string of the molecule is C[C@@H](OC(=O)/C=C/c1ccc(Br)o1)C(=O)Nc1cccc(S(=O)(=O)N(C)C)c1. The molecular weight excluding hydrogens is 452 g/mol. The van der Waals surface area contributed by atoms with Crippen LogP contribution in [0.15, 0.2) is 56.5 Å². The number of rotatable bonds is 7. The maximum atomic E-state index is 12.2. The number of nitrogens with one attached hydrogen (secondary N) is 1. The second-order valence-corrected chi connectivity index (χ2v) is 8.79. The Bertz CT molecular complexity index is 997. The van der Waals surface area contributed by atoms with Crippen molar-refractivity contribution in [1.82, 2.24) is 4.31 Å². The maximum absolute atomic E-state index is 12.2. The summed E-state index contributed by atoms with van der Waals surface area (Å²) in [6.07, 6.45) is 1.46. The Morgan fingerprint density at radius 1 is 1.25 bits per heavy atom. The van der Waals surface area contributed by atoms with Gasteiger partial charge < -0.3 is 14.5 Å². The monoisotopic (exact) mass is 470 g/mol. The summed E-state index contributed by atoms with van der Waals surface area (Å²) in [4.78, 5) is 24.1. The van der Waals surface area contributed by atoms with Crippen LogP contribution in [0.3, 0.4) is 0 Å². The highest BCUT2D eigenvalue weighted by atomic mass is 79.9. The number of amides is 1. The molecule has 0 saturated carbocycles. The van der Waals surface area contributed by atoms with Crippen LogP contribution < -0.4 is 5.32 Å². The summed E-state index contributed by atoms with van der Waals surface area (Å²) in [5.41, 5.74) is 0.270. The zero-order chi connectivity index (χ0) is 20.9. The lowest BCUT2D eigenvalue weighted by atomic mass is 10.3. The summed E-state index contributed by atoms with van der Waals surface area (Å²) in [6, 6.07) is 9.12. The van der Waals surface area contributed by atoms with Crippen molar-refractivity contribution in [2.75, 3.05) is 19.4 Å². The Hall–Kier alpha value is -2.43. The lowest BCUT2D eigenvalue weighted by molar-refractivity contribution is -0.148. The number of carbonyl (C=O) groups is 2. The first-order chi connectivity index (χ1) is 13.1. The summed E-state index contributed by atoms with van der Waals surface area (Å²) < 4.78 is 36.2. The number of carbonyl (C=O) groups excluding carboxylic acids is 2. The van der Waals surface area contributed by atoms with Crippen LogP contribution in [0, 0.1) is 0 Å². The highest BCUT2D eigenvalue weighted by Gasteiger charge is 2.20. The standard InChI is InChI=1S/C18H19BrN2O6S/c1-12(26-17(22)10-8-14-7-9-16(19)27-14)18(23)20-13-5-4-6-15(11-13)28(24,25)21(2)3/h4-12H,1-3H3,(H,20,23)/b10-8+/t12-/m1/s1. The van der Waals surface area contributed by atoms with Crippen molar-refractivity contribution in [2.45, 2.75) is 17.9 Å². The summed E-state index contributed by atoms with van der Waals surface area (Å²) in [6.45, 7) is 1.41.